The van der Waals surface area contributed by atoms with E-state index in [-0.39, 0.29) is 5.48 Å². The summed E-state index contributed by atoms with van der Waals surface area (Å²) in [6.07, 6.45) is 16.7. The molecule has 2 nitrogen and oxygen atoms in total. The Morgan fingerprint density at radius 1 is 0.556 bits per heavy atom. The summed E-state index contributed by atoms with van der Waals surface area (Å²) < 4.78 is 1.33. The van der Waals surface area contributed by atoms with Gasteiger partial charge in [0.1, 0.15) is 6.54 Å². The molecule has 0 atom stereocenters. The van der Waals surface area contributed by atoms with E-state index in [9.17, 15) is 0 Å². The quantitative estimate of drug-likeness (QED) is 0.203. The highest BCUT2D eigenvalue weighted by atomic mass is 16.0. The average Bonchev–Trinajstić information content (AvgIpc) is 2.67. The van der Waals surface area contributed by atoms with Crippen LogP contribution in [0.2, 0.25) is 0 Å². The highest BCUT2D eigenvalue weighted by Crippen LogP contribution is 2.21. The molecular formula is C25H47NO. The summed E-state index contributed by atoms with van der Waals surface area (Å²) in [6.45, 7) is 12.4. The van der Waals surface area contributed by atoms with Crippen LogP contribution in [0.25, 0.3) is 0 Å². The van der Waals surface area contributed by atoms with E-state index in [1.54, 1.807) is 0 Å². The predicted molar refractivity (Wildman–Crippen MR) is 119 cm³/mol. The predicted octanol–water partition coefficient (Wildman–Crippen LogP) is 7.57. The van der Waals surface area contributed by atoms with Gasteiger partial charge in [0.15, 0.2) is 0 Å². The summed E-state index contributed by atoms with van der Waals surface area (Å²) in [7, 11) is 0. The Kier molecular flexibility index (Phi) is 16.7. The second kappa shape index (κ2) is 17.3. The second-order valence-corrected chi connectivity index (χ2v) is 8.34. The Morgan fingerprint density at radius 3 is 1.33 bits per heavy atom. The van der Waals surface area contributed by atoms with Gasteiger partial charge in [-0.1, -0.05) is 89.6 Å². The van der Waals surface area contributed by atoms with Crippen LogP contribution in [-0.4, -0.2) is 29.6 Å². The van der Waals surface area contributed by atoms with Gasteiger partial charge in [-0.3, -0.25) is 0 Å². The van der Waals surface area contributed by atoms with Crippen molar-refractivity contribution in [2.24, 2.45) is 0 Å². The Morgan fingerprint density at radius 2 is 0.963 bits per heavy atom. The maximum Gasteiger partial charge on any atom is 0.104 e. The molecule has 0 saturated carbocycles. The number of benzene rings is 1. The molecule has 0 aliphatic carbocycles. The van der Waals surface area contributed by atoms with Crippen LogP contribution in [0, 0.1) is 0 Å². The molecule has 1 N–H and O–H groups in total. The van der Waals surface area contributed by atoms with Crippen molar-refractivity contribution in [3.05, 3.63) is 35.9 Å². The van der Waals surface area contributed by atoms with Crippen LogP contribution < -0.4 is 0 Å². The SMILES string of the molecule is CCCCCC[N+](CCCCCC)(CCCCCC)Cc1ccccc1.[OH-]. The molecule has 0 spiro atoms. The lowest BCUT2D eigenvalue weighted by Gasteiger charge is -2.39. The van der Waals surface area contributed by atoms with E-state index in [1.807, 2.05) is 0 Å². The zero-order valence-corrected chi connectivity index (χ0v) is 18.6. The van der Waals surface area contributed by atoms with Crippen LogP contribution in [0.4, 0.5) is 0 Å². The molecule has 0 aliphatic rings. The van der Waals surface area contributed by atoms with Crippen molar-refractivity contribution < 1.29 is 9.96 Å². The molecule has 1 rings (SSSR count). The first-order valence-corrected chi connectivity index (χ1v) is 11.7. The summed E-state index contributed by atoms with van der Waals surface area (Å²) >= 11 is 0. The van der Waals surface area contributed by atoms with Crippen molar-refractivity contribution in [3.8, 4) is 0 Å². The number of hydrogen-bond donors (Lipinski definition) is 0. The average molecular weight is 378 g/mol. The Bertz CT molecular complexity index is 386. The van der Waals surface area contributed by atoms with Gasteiger partial charge in [-0.15, -0.1) is 0 Å². The Labute approximate surface area is 170 Å². The Hall–Kier alpha value is -0.860. The fraction of sp³-hybridized carbons (Fsp3) is 0.760. The van der Waals surface area contributed by atoms with Gasteiger partial charge in [-0.2, -0.15) is 0 Å². The van der Waals surface area contributed by atoms with Gasteiger partial charge in [0.25, 0.3) is 0 Å². The monoisotopic (exact) mass is 377 g/mol. The van der Waals surface area contributed by atoms with Crippen molar-refractivity contribution in [1.82, 2.24) is 0 Å². The second-order valence-electron chi connectivity index (χ2n) is 8.34. The van der Waals surface area contributed by atoms with Crippen LogP contribution in [0.15, 0.2) is 30.3 Å². The van der Waals surface area contributed by atoms with Crippen molar-refractivity contribution in [3.63, 3.8) is 0 Å². The van der Waals surface area contributed by atoms with Crippen LogP contribution in [0.1, 0.15) is 103 Å². The van der Waals surface area contributed by atoms with E-state index >= 15 is 0 Å². The minimum atomic E-state index is 0. The van der Waals surface area contributed by atoms with Crippen LogP contribution in [-0.2, 0) is 6.54 Å². The number of rotatable bonds is 17. The normalized spacial score (nSPS) is 11.4. The third-order valence-electron chi connectivity index (χ3n) is 5.82. The lowest BCUT2D eigenvalue weighted by Crippen LogP contribution is -2.49. The molecule has 0 heterocycles. The van der Waals surface area contributed by atoms with Crippen LogP contribution in [0.5, 0.6) is 0 Å². The minimum Gasteiger partial charge on any atom is -0.870 e. The maximum atomic E-state index is 2.34. The minimum absolute atomic E-state index is 0. The lowest BCUT2D eigenvalue weighted by atomic mass is 10.1. The van der Waals surface area contributed by atoms with Crippen LogP contribution in [0.3, 0.4) is 0 Å². The van der Waals surface area contributed by atoms with Gasteiger partial charge in [0.05, 0.1) is 19.6 Å². The summed E-state index contributed by atoms with van der Waals surface area (Å²) in [5.74, 6) is 0. The van der Waals surface area contributed by atoms with E-state index in [0.717, 1.165) is 0 Å². The third-order valence-corrected chi connectivity index (χ3v) is 5.82. The van der Waals surface area contributed by atoms with Crippen molar-refractivity contribution in [1.29, 1.82) is 0 Å². The third kappa shape index (κ3) is 12.3. The van der Waals surface area contributed by atoms with Crippen molar-refractivity contribution >= 4 is 0 Å². The molecule has 0 fully saturated rings. The molecule has 0 amide bonds. The number of unbranched alkanes of at least 4 members (excludes halogenated alkanes) is 9. The van der Waals surface area contributed by atoms with Crippen molar-refractivity contribution in [2.45, 2.75) is 104 Å². The largest absolute Gasteiger partial charge is 0.870 e. The number of quaternary nitrogens is 1. The van der Waals surface area contributed by atoms with Gasteiger partial charge in [0.2, 0.25) is 0 Å². The van der Waals surface area contributed by atoms with Gasteiger partial charge < -0.3 is 9.96 Å². The highest BCUT2D eigenvalue weighted by molar-refractivity contribution is 5.13. The van der Waals surface area contributed by atoms with Gasteiger partial charge >= 0.3 is 0 Å². The zero-order valence-electron chi connectivity index (χ0n) is 18.6. The molecule has 158 valence electrons. The summed E-state index contributed by atoms with van der Waals surface area (Å²) in [5, 5.41) is 0. The molecule has 0 aliphatic heterocycles. The highest BCUT2D eigenvalue weighted by Gasteiger charge is 2.26. The molecule has 0 bridgehead atoms. The van der Waals surface area contributed by atoms with E-state index in [0.29, 0.717) is 0 Å². The molecule has 2 heteroatoms. The summed E-state index contributed by atoms with van der Waals surface area (Å²) in [5.41, 5.74) is 1.54. The zero-order chi connectivity index (χ0) is 18.9. The molecule has 0 unspecified atom stereocenters. The first-order valence-electron chi connectivity index (χ1n) is 11.7. The fourth-order valence-corrected chi connectivity index (χ4v) is 4.17. The van der Waals surface area contributed by atoms with E-state index in [1.165, 1.54) is 113 Å². The van der Waals surface area contributed by atoms with Gasteiger partial charge in [-0.05, 0) is 38.5 Å². The summed E-state index contributed by atoms with van der Waals surface area (Å²) in [6, 6.07) is 11.3. The molecule has 0 aromatic heterocycles. The van der Waals surface area contributed by atoms with Crippen molar-refractivity contribution in [2.75, 3.05) is 19.6 Å². The Balaban J connectivity index is 0.00000676. The number of hydrogen-bond acceptors (Lipinski definition) is 1. The molecule has 1 aromatic carbocycles. The van der Waals surface area contributed by atoms with Gasteiger partial charge in [-0.25, -0.2) is 0 Å². The topological polar surface area (TPSA) is 30.0 Å². The van der Waals surface area contributed by atoms with Gasteiger partial charge in [0, 0.05) is 5.56 Å². The smallest absolute Gasteiger partial charge is 0.104 e. The molecule has 0 saturated heterocycles. The standard InChI is InChI=1S/C25H46N.H2O/c1-4-7-10-16-21-26(22-17-11-8-5-2,23-18-12-9-6-3)24-25-19-14-13-15-20-25;/h13-15,19-20H,4-12,16-18,21-24H2,1-3H3;1H2/q+1;/p-1. The van der Waals surface area contributed by atoms with E-state index in [2.05, 4.69) is 51.1 Å². The molecule has 1 aromatic rings. The molecule has 27 heavy (non-hydrogen) atoms. The lowest BCUT2D eigenvalue weighted by molar-refractivity contribution is -0.941. The summed E-state index contributed by atoms with van der Waals surface area (Å²) in [4.78, 5) is 0. The molecule has 0 radical (unpaired) electrons. The fourth-order valence-electron chi connectivity index (χ4n) is 4.17. The molecular weight excluding hydrogens is 330 g/mol. The van der Waals surface area contributed by atoms with E-state index in [4.69, 9.17) is 0 Å². The first-order chi connectivity index (χ1) is 12.8. The first kappa shape index (κ1) is 26.1. The van der Waals surface area contributed by atoms with Crippen LogP contribution >= 0.6 is 0 Å². The maximum absolute atomic E-state index is 2.34. The van der Waals surface area contributed by atoms with E-state index < -0.39 is 0 Å². The number of nitrogens with zero attached hydrogens (tertiary/aromatic N) is 1.